The van der Waals surface area contributed by atoms with Gasteiger partial charge in [0.15, 0.2) is 17.3 Å². The number of rotatable bonds is 4. The fourth-order valence-electron chi connectivity index (χ4n) is 2.53. The van der Waals surface area contributed by atoms with Crippen molar-refractivity contribution in [1.29, 1.82) is 0 Å². The molecule has 1 saturated carbocycles. The van der Waals surface area contributed by atoms with Crippen molar-refractivity contribution in [2.75, 3.05) is 14.2 Å². The largest absolute Gasteiger partial charge is 0.493 e. The van der Waals surface area contributed by atoms with E-state index in [0.29, 0.717) is 23.2 Å². The van der Waals surface area contributed by atoms with Gasteiger partial charge in [0.25, 0.3) is 5.89 Å². The molecule has 2 aromatic rings. The van der Waals surface area contributed by atoms with Crippen LogP contribution in [0.5, 0.6) is 11.5 Å². The van der Waals surface area contributed by atoms with Gasteiger partial charge in [-0.15, -0.1) is 0 Å². The lowest BCUT2D eigenvalue weighted by atomic mass is 9.77. The van der Waals surface area contributed by atoms with Crippen molar-refractivity contribution >= 4 is 0 Å². The summed E-state index contributed by atoms with van der Waals surface area (Å²) in [6.07, 6.45) is 2.91. The highest BCUT2D eigenvalue weighted by atomic mass is 16.5. The standard InChI is InChI=1S/C15H19N3O3/c1-9-7-11(19-2)12(20-3)8-10(9)13-17-14(18-21-13)15(16)5-4-6-15/h7-8H,4-6,16H2,1-3H3. The molecule has 0 aliphatic heterocycles. The molecule has 1 aromatic carbocycles. The van der Waals surface area contributed by atoms with Gasteiger partial charge in [0.2, 0.25) is 0 Å². The zero-order valence-electron chi connectivity index (χ0n) is 12.5. The molecule has 1 fully saturated rings. The second-order valence-corrected chi connectivity index (χ2v) is 5.45. The summed E-state index contributed by atoms with van der Waals surface area (Å²) in [4.78, 5) is 4.47. The average Bonchev–Trinajstić information content (AvgIpc) is 2.94. The Morgan fingerprint density at radius 2 is 1.86 bits per heavy atom. The first-order chi connectivity index (χ1) is 10.1. The van der Waals surface area contributed by atoms with Gasteiger partial charge in [0.1, 0.15) is 0 Å². The Morgan fingerprint density at radius 3 is 2.43 bits per heavy atom. The molecule has 2 N–H and O–H groups in total. The minimum absolute atomic E-state index is 0.424. The quantitative estimate of drug-likeness (QED) is 0.930. The van der Waals surface area contributed by atoms with Gasteiger partial charge in [0.05, 0.1) is 19.8 Å². The van der Waals surface area contributed by atoms with Crippen molar-refractivity contribution < 1.29 is 14.0 Å². The summed E-state index contributed by atoms with van der Waals surface area (Å²) in [7, 11) is 3.20. The maximum atomic E-state index is 6.23. The first kappa shape index (κ1) is 13.9. The van der Waals surface area contributed by atoms with E-state index in [0.717, 1.165) is 30.4 Å². The third kappa shape index (κ3) is 2.25. The summed E-state index contributed by atoms with van der Waals surface area (Å²) in [5.74, 6) is 2.34. The Kier molecular flexibility index (Phi) is 3.33. The van der Waals surface area contributed by atoms with E-state index in [1.807, 2.05) is 19.1 Å². The van der Waals surface area contributed by atoms with Crippen LogP contribution in [0.3, 0.4) is 0 Å². The lowest BCUT2D eigenvalue weighted by molar-refractivity contribution is 0.229. The van der Waals surface area contributed by atoms with Crippen molar-refractivity contribution in [2.45, 2.75) is 31.7 Å². The molecule has 0 spiro atoms. The monoisotopic (exact) mass is 289 g/mol. The van der Waals surface area contributed by atoms with Crippen molar-refractivity contribution in [3.8, 4) is 23.0 Å². The third-order valence-electron chi connectivity index (χ3n) is 4.08. The molecule has 112 valence electrons. The Labute approximate surface area is 123 Å². The summed E-state index contributed by atoms with van der Waals surface area (Å²) in [6, 6.07) is 3.73. The Morgan fingerprint density at radius 1 is 1.19 bits per heavy atom. The predicted molar refractivity (Wildman–Crippen MR) is 77.3 cm³/mol. The van der Waals surface area contributed by atoms with Gasteiger partial charge in [0, 0.05) is 5.56 Å². The van der Waals surface area contributed by atoms with E-state index < -0.39 is 5.54 Å². The lowest BCUT2D eigenvalue weighted by Gasteiger charge is -2.34. The van der Waals surface area contributed by atoms with Crippen LogP contribution in [0.2, 0.25) is 0 Å². The number of aryl methyl sites for hydroxylation is 1. The molecular formula is C15H19N3O3. The van der Waals surface area contributed by atoms with E-state index in [1.165, 1.54) is 0 Å². The summed E-state index contributed by atoms with van der Waals surface area (Å²) in [6.45, 7) is 1.96. The molecule has 0 unspecified atom stereocenters. The number of benzene rings is 1. The van der Waals surface area contributed by atoms with Gasteiger partial charge in [-0.3, -0.25) is 0 Å². The molecule has 3 rings (SSSR count). The topological polar surface area (TPSA) is 83.4 Å². The molecule has 1 heterocycles. The number of nitrogens with zero attached hydrogens (tertiary/aromatic N) is 2. The van der Waals surface area contributed by atoms with Crippen LogP contribution in [-0.2, 0) is 5.54 Å². The van der Waals surface area contributed by atoms with E-state index in [1.54, 1.807) is 14.2 Å². The highest BCUT2D eigenvalue weighted by molar-refractivity contribution is 5.64. The van der Waals surface area contributed by atoms with Crippen LogP contribution >= 0.6 is 0 Å². The molecule has 1 aromatic heterocycles. The Balaban J connectivity index is 2.00. The van der Waals surface area contributed by atoms with Crippen molar-refractivity contribution in [3.05, 3.63) is 23.5 Å². The summed E-state index contributed by atoms with van der Waals surface area (Å²) >= 11 is 0. The van der Waals surface area contributed by atoms with Gasteiger partial charge in [-0.2, -0.15) is 4.98 Å². The lowest BCUT2D eigenvalue weighted by Crippen LogP contribution is -2.44. The Hall–Kier alpha value is -2.08. The van der Waals surface area contributed by atoms with Crippen molar-refractivity contribution in [1.82, 2.24) is 10.1 Å². The molecule has 1 aliphatic carbocycles. The number of methoxy groups -OCH3 is 2. The minimum atomic E-state index is -0.424. The maximum absolute atomic E-state index is 6.23. The fraction of sp³-hybridized carbons (Fsp3) is 0.467. The second-order valence-electron chi connectivity index (χ2n) is 5.45. The van der Waals surface area contributed by atoms with Gasteiger partial charge in [-0.25, -0.2) is 0 Å². The van der Waals surface area contributed by atoms with Crippen LogP contribution in [0.15, 0.2) is 16.7 Å². The van der Waals surface area contributed by atoms with Crippen molar-refractivity contribution in [2.24, 2.45) is 5.73 Å². The molecule has 0 saturated heterocycles. The normalized spacial score (nSPS) is 16.4. The number of hydrogen-bond donors (Lipinski definition) is 1. The van der Waals surface area contributed by atoms with Crippen LogP contribution < -0.4 is 15.2 Å². The van der Waals surface area contributed by atoms with Crippen LogP contribution in [0, 0.1) is 6.92 Å². The van der Waals surface area contributed by atoms with Crippen molar-refractivity contribution in [3.63, 3.8) is 0 Å². The summed E-state index contributed by atoms with van der Waals surface area (Å²) in [5.41, 5.74) is 7.60. The predicted octanol–water partition coefficient (Wildman–Crippen LogP) is 2.40. The molecule has 0 amide bonds. The van der Waals surface area contributed by atoms with E-state index in [4.69, 9.17) is 19.7 Å². The molecule has 6 nitrogen and oxygen atoms in total. The fourth-order valence-corrected chi connectivity index (χ4v) is 2.53. The molecule has 6 heteroatoms. The van der Waals surface area contributed by atoms with Gasteiger partial charge in [-0.1, -0.05) is 5.16 Å². The zero-order valence-corrected chi connectivity index (χ0v) is 12.5. The second kappa shape index (κ2) is 5.04. The molecule has 0 atom stereocenters. The average molecular weight is 289 g/mol. The first-order valence-corrected chi connectivity index (χ1v) is 6.93. The number of nitrogens with two attached hydrogens (primary N) is 1. The number of hydrogen-bond acceptors (Lipinski definition) is 6. The third-order valence-corrected chi connectivity index (χ3v) is 4.08. The highest BCUT2D eigenvalue weighted by Gasteiger charge is 2.39. The Bertz CT molecular complexity index is 662. The van der Waals surface area contributed by atoms with E-state index in [9.17, 15) is 0 Å². The summed E-state index contributed by atoms with van der Waals surface area (Å²) in [5, 5.41) is 4.04. The van der Waals surface area contributed by atoms with E-state index in [2.05, 4.69) is 10.1 Å². The SMILES string of the molecule is COc1cc(C)c(-c2nc(C3(N)CCC3)no2)cc1OC. The van der Waals surface area contributed by atoms with E-state index in [-0.39, 0.29) is 0 Å². The number of ether oxygens (including phenoxy) is 2. The molecule has 1 aliphatic rings. The molecule has 0 bridgehead atoms. The first-order valence-electron chi connectivity index (χ1n) is 6.93. The maximum Gasteiger partial charge on any atom is 0.258 e. The van der Waals surface area contributed by atoms with Crippen LogP contribution in [0.1, 0.15) is 30.7 Å². The van der Waals surface area contributed by atoms with Crippen LogP contribution in [0.4, 0.5) is 0 Å². The zero-order chi connectivity index (χ0) is 15.0. The summed E-state index contributed by atoms with van der Waals surface area (Å²) < 4.78 is 16.0. The minimum Gasteiger partial charge on any atom is -0.493 e. The molecular weight excluding hydrogens is 270 g/mol. The number of aromatic nitrogens is 2. The highest BCUT2D eigenvalue weighted by Crippen LogP contribution is 2.39. The smallest absolute Gasteiger partial charge is 0.258 e. The van der Waals surface area contributed by atoms with Crippen LogP contribution in [0.25, 0.3) is 11.5 Å². The van der Waals surface area contributed by atoms with Gasteiger partial charge in [-0.05, 0) is 43.9 Å². The molecule has 0 radical (unpaired) electrons. The molecule has 21 heavy (non-hydrogen) atoms. The van der Waals surface area contributed by atoms with Gasteiger partial charge >= 0.3 is 0 Å². The van der Waals surface area contributed by atoms with Crippen LogP contribution in [-0.4, -0.2) is 24.4 Å². The van der Waals surface area contributed by atoms with E-state index >= 15 is 0 Å². The van der Waals surface area contributed by atoms with Gasteiger partial charge < -0.3 is 19.7 Å².